The monoisotopic (exact) mass is 391 g/mol. The van der Waals surface area contributed by atoms with Gasteiger partial charge in [-0.15, -0.1) is 0 Å². The number of aromatic nitrogens is 2. The van der Waals surface area contributed by atoms with Gasteiger partial charge in [0.05, 0.1) is 12.9 Å². The van der Waals surface area contributed by atoms with Crippen molar-refractivity contribution in [2.45, 2.75) is 66.0 Å². The average molecular weight is 392 g/mol. The van der Waals surface area contributed by atoms with Crippen LogP contribution in [-0.2, 0) is 11.3 Å². The first kappa shape index (κ1) is 21.9. The molecule has 1 aromatic heterocycles. The van der Waals surface area contributed by atoms with E-state index in [1.54, 1.807) is 16.4 Å². The van der Waals surface area contributed by atoms with E-state index in [0.29, 0.717) is 32.0 Å². The highest BCUT2D eigenvalue weighted by Crippen LogP contribution is 2.29. The number of hydrogen-bond donors (Lipinski definition) is 2. The van der Waals surface area contributed by atoms with Crippen LogP contribution in [-0.4, -0.2) is 57.3 Å². The molecule has 28 heavy (non-hydrogen) atoms. The van der Waals surface area contributed by atoms with Gasteiger partial charge in [-0.3, -0.25) is 14.4 Å². The number of nitrogens with zero attached hydrogens (tertiary/aromatic N) is 3. The van der Waals surface area contributed by atoms with Crippen LogP contribution in [0.1, 0.15) is 74.9 Å². The predicted octanol–water partition coefficient (Wildman–Crippen LogP) is 1.81. The first-order chi connectivity index (χ1) is 13.3. The molecule has 0 aromatic carbocycles. The second kappa shape index (κ2) is 9.21. The van der Waals surface area contributed by atoms with Crippen LogP contribution < -0.4 is 10.6 Å². The number of hydrogen-bond acceptors (Lipinski definition) is 4. The van der Waals surface area contributed by atoms with Gasteiger partial charge in [-0.05, 0) is 32.1 Å². The van der Waals surface area contributed by atoms with E-state index in [2.05, 4.69) is 29.5 Å². The van der Waals surface area contributed by atoms with Crippen LogP contribution in [0.2, 0.25) is 0 Å². The van der Waals surface area contributed by atoms with Crippen molar-refractivity contribution in [3.05, 3.63) is 17.7 Å². The fraction of sp³-hybridized carbons (Fsp3) is 0.700. The van der Waals surface area contributed by atoms with Gasteiger partial charge in [-0.25, -0.2) is 4.98 Å². The van der Waals surface area contributed by atoms with E-state index < -0.39 is 5.54 Å². The molecule has 1 aromatic rings. The largest absolute Gasteiger partial charge is 0.354 e. The average Bonchev–Trinajstić information content (AvgIpc) is 3.06. The van der Waals surface area contributed by atoms with Crippen LogP contribution in [0.4, 0.5) is 0 Å². The Labute approximate surface area is 167 Å². The summed E-state index contributed by atoms with van der Waals surface area (Å²) in [4.78, 5) is 44.5. The minimum atomic E-state index is -1.02. The summed E-state index contributed by atoms with van der Waals surface area (Å²) < 4.78 is 1.64. The first-order valence-corrected chi connectivity index (χ1v) is 10.2. The third-order valence-electron chi connectivity index (χ3n) is 5.05. The molecule has 1 aliphatic rings. The molecule has 2 rings (SSSR count). The number of imidazole rings is 1. The fourth-order valence-corrected chi connectivity index (χ4v) is 3.41. The highest BCUT2D eigenvalue weighted by atomic mass is 16.2. The molecule has 8 heteroatoms. The smallest absolute Gasteiger partial charge is 0.273 e. The maximum absolute atomic E-state index is 13.3. The van der Waals surface area contributed by atoms with Gasteiger partial charge in [-0.1, -0.05) is 27.7 Å². The van der Waals surface area contributed by atoms with Gasteiger partial charge in [0.1, 0.15) is 11.2 Å². The summed E-state index contributed by atoms with van der Waals surface area (Å²) in [5, 5.41) is 5.75. The number of carbonyl (C=O) groups excluding carboxylic acids is 3. The summed E-state index contributed by atoms with van der Waals surface area (Å²) in [5.41, 5.74) is -0.633. The highest BCUT2D eigenvalue weighted by Gasteiger charge is 2.48. The van der Waals surface area contributed by atoms with E-state index in [1.807, 2.05) is 13.8 Å². The van der Waals surface area contributed by atoms with Crippen LogP contribution in [0.3, 0.4) is 0 Å². The zero-order valence-corrected chi connectivity index (χ0v) is 17.7. The fourth-order valence-electron chi connectivity index (χ4n) is 3.41. The Hall–Kier alpha value is -2.38. The van der Waals surface area contributed by atoms with Crippen molar-refractivity contribution < 1.29 is 14.4 Å². The van der Waals surface area contributed by atoms with Gasteiger partial charge in [0.2, 0.25) is 5.91 Å². The molecule has 0 radical (unpaired) electrons. The predicted molar refractivity (Wildman–Crippen MR) is 107 cm³/mol. The number of amides is 3. The number of carbonyl (C=O) groups is 3. The Balaban J connectivity index is 2.32. The Morgan fingerprint density at radius 1 is 1.21 bits per heavy atom. The van der Waals surface area contributed by atoms with Crippen LogP contribution in [0.15, 0.2) is 6.33 Å². The number of nitrogens with one attached hydrogen (secondary N) is 2. The standard InChI is InChI=1S/C20H33N5O3/c1-6-9-21-17(26)15-16-18(27)25(11-7-2)20(5,12-24(16)13-23-15)19(28)22-10-8-14(3)4/h13-14H,6-12H2,1-5H3,(H,21,26)(H,22,28)/t20-/m0/s1. The van der Waals surface area contributed by atoms with Crippen LogP contribution in [0.25, 0.3) is 0 Å². The number of fused-ring (bicyclic) bond motifs is 1. The lowest BCUT2D eigenvalue weighted by Crippen LogP contribution is -2.64. The Bertz CT molecular complexity index is 727. The van der Waals surface area contributed by atoms with Crippen molar-refractivity contribution in [1.29, 1.82) is 0 Å². The van der Waals surface area contributed by atoms with Gasteiger partial charge >= 0.3 is 0 Å². The van der Waals surface area contributed by atoms with Crippen LogP contribution in [0.5, 0.6) is 0 Å². The molecule has 156 valence electrons. The molecule has 1 atom stereocenters. The lowest BCUT2D eigenvalue weighted by atomic mass is 9.93. The molecular weight excluding hydrogens is 358 g/mol. The third-order valence-corrected chi connectivity index (χ3v) is 5.05. The Morgan fingerprint density at radius 3 is 2.54 bits per heavy atom. The molecule has 0 unspecified atom stereocenters. The maximum Gasteiger partial charge on any atom is 0.273 e. The van der Waals surface area contributed by atoms with Crippen molar-refractivity contribution in [2.24, 2.45) is 5.92 Å². The van der Waals surface area contributed by atoms with E-state index in [0.717, 1.165) is 12.8 Å². The van der Waals surface area contributed by atoms with Gasteiger partial charge in [-0.2, -0.15) is 0 Å². The minimum absolute atomic E-state index is 0.127. The van der Waals surface area contributed by atoms with Crippen LogP contribution >= 0.6 is 0 Å². The summed E-state index contributed by atoms with van der Waals surface area (Å²) in [6.45, 7) is 11.7. The summed E-state index contributed by atoms with van der Waals surface area (Å²) in [6, 6.07) is 0. The van der Waals surface area contributed by atoms with Crippen molar-refractivity contribution in [2.75, 3.05) is 19.6 Å². The zero-order valence-electron chi connectivity index (χ0n) is 17.7. The van der Waals surface area contributed by atoms with Gasteiger partial charge < -0.3 is 20.1 Å². The second-order valence-electron chi connectivity index (χ2n) is 7.99. The third kappa shape index (κ3) is 4.36. The molecular formula is C20H33N5O3. The first-order valence-electron chi connectivity index (χ1n) is 10.2. The van der Waals surface area contributed by atoms with E-state index in [1.165, 1.54) is 6.33 Å². The van der Waals surface area contributed by atoms with E-state index in [9.17, 15) is 14.4 Å². The van der Waals surface area contributed by atoms with Crippen molar-refractivity contribution >= 4 is 17.7 Å². The van der Waals surface area contributed by atoms with Crippen molar-refractivity contribution in [1.82, 2.24) is 25.1 Å². The molecule has 0 spiro atoms. The van der Waals surface area contributed by atoms with E-state index >= 15 is 0 Å². The molecule has 1 aliphatic heterocycles. The topological polar surface area (TPSA) is 96.3 Å². The summed E-state index contributed by atoms with van der Waals surface area (Å²) in [7, 11) is 0. The van der Waals surface area contributed by atoms with E-state index in [4.69, 9.17) is 0 Å². The summed E-state index contributed by atoms with van der Waals surface area (Å²) in [5.74, 6) is -0.372. The molecule has 0 aliphatic carbocycles. The molecule has 0 bridgehead atoms. The van der Waals surface area contributed by atoms with Crippen LogP contribution in [0, 0.1) is 5.92 Å². The quantitative estimate of drug-likeness (QED) is 0.671. The molecule has 0 saturated carbocycles. The highest BCUT2D eigenvalue weighted by molar-refractivity contribution is 6.07. The SMILES string of the molecule is CCCNC(=O)c1ncn2c1C(=O)N(CCC)[C@](C)(C(=O)NCCC(C)C)C2. The maximum atomic E-state index is 13.3. The zero-order chi connectivity index (χ0) is 20.9. The molecule has 8 nitrogen and oxygen atoms in total. The second-order valence-corrected chi connectivity index (χ2v) is 7.99. The Morgan fingerprint density at radius 2 is 1.93 bits per heavy atom. The van der Waals surface area contributed by atoms with E-state index in [-0.39, 0.29) is 35.7 Å². The van der Waals surface area contributed by atoms with Crippen molar-refractivity contribution in [3.63, 3.8) is 0 Å². The summed E-state index contributed by atoms with van der Waals surface area (Å²) >= 11 is 0. The molecule has 0 fully saturated rings. The van der Waals surface area contributed by atoms with Gasteiger partial charge in [0.25, 0.3) is 11.8 Å². The molecule has 3 amide bonds. The van der Waals surface area contributed by atoms with Gasteiger partial charge in [0, 0.05) is 19.6 Å². The number of rotatable bonds is 9. The Kier molecular flexibility index (Phi) is 7.21. The van der Waals surface area contributed by atoms with Gasteiger partial charge in [0.15, 0.2) is 5.69 Å². The minimum Gasteiger partial charge on any atom is -0.354 e. The lowest BCUT2D eigenvalue weighted by Gasteiger charge is -2.43. The lowest BCUT2D eigenvalue weighted by molar-refractivity contribution is -0.132. The molecule has 0 saturated heterocycles. The summed E-state index contributed by atoms with van der Waals surface area (Å²) in [6.07, 6.45) is 3.87. The normalized spacial score (nSPS) is 18.9. The van der Waals surface area contributed by atoms with Crippen molar-refractivity contribution in [3.8, 4) is 0 Å². The molecule has 2 N–H and O–H groups in total. The molecule has 2 heterocycles.